The number of benzene rings is 1. The highest BCUT2D eigenvalue weighted by molar-refractivity contribution is 5.95. The molecule has 0 bridgehead atoms. The van der Waals surface area contributed by atoms with Crippen LogP contribution in [0, 0.1) is 5.92 Å². The third-order valence-corrected chi connectivity index (χ3v) is 3.00. The Morgan fingerprint density at radius 1 is 1.47 bits per heavy atom. The number of anilines is 1. The predicted molar refractivity (Wildman–Crippen MR) is 58.9 cm³/mol. The number of hydrogen-bond donors (Lipinski definition) is 1. The van der Waals surface area contributed by atoms with Crippen LogP contribution in [0.25, 0.3) is 0 Å². The molecule has 3 nitrogen and oxygen atoms in total. The van der Waals surface area contributed by atoms with E-state index in [-0.39, 0.29) is 17.6 Å². The summed E-state index contributed by atoms with van der Waals surface area (Å²) in [5.74, 6) is 0.546. The lowest BCUT2D eigenvalue weighted by Crippen LogP contribution is -2.36. The van der Waals surface area contributed by atoms with E-state index in [2.05, 4.69) is 0 Å². The van der Waals surface area contributed by atoms with Crippen molar-refractivity contribution in [1.29, 1.82) is 0 Å². The first-order chi connectivity index (χ1) is 7.18. The lowest BCUT2D eigenvalue weighted by Gasteiger charge is -2.29. The molecule has 1 aliphatic rings. The van der Waals surface area contributed by atoms with Gasteiger partial charge in [-0.25, -0.2) is 0 Å². The van der Waals surface area contributed by atoms with Gasteiger partial charge >= 0.3 is 0 Å². The Kier molecular flexibility index (Phi) is 2.62. The number of carbonyl (C=O) groups is 1. The van der Waals surface area contributed by atoms with Gasteiger partial charge in [0.2, 0.25) is 5.91 Å². The maximum absolute atomic E-state index is 11.9. The fourth-order valence-corrected chi connectivity index (χ4v) is 1.76. The van der Waals surface area contributed by atoms with Crippen molar-refractivity contribution in [3.8, 4) is 5.75 Å². The second-order valence-corrected chi connectivity index (χ2v) is 4.04. The van der Waals surface area contributed by atoms with Gasteiger partial charge in [-0.3, -0.25) is 4.79 Å². The van der Waals surface area contributed by atoms with Gasteiger partial charge in [0.1, 0.15) is 5.75 Å². The fourth-order valence-electron chi connectivity index (χ4n) is 1.76. The monoisotopic (exact) mass is 205 g/mol. The summed E-state index contributed by atoms with van der Waals surface area (Å²) in [6, 6.07) is 6.78. The largest absolute Gasteiger partial charge is 0.508 e. The number of aromatic hydroxyl groups is 1. The van der Waals surface area contributed by atoms with E-state index < -0.39 is 0 Å². The average Bonchev–Trinajstić information content (AvgIpc) is 2.14. The fraction of sp³-hybridized carbons (Fsp3) is 0.417. The third-order valence-electron chi connectivity index (χ3n) is 3.00. The predicted octanol–water partition coefficient (Wildman–Crippen LogP) is 2.16. The van der Waals surface area contributed by atoms with Crippen molar-refractivity contribution in [1.82, 2.24) is 0 Å². The Morgan fingerprint density at radius 3 is 2.73 bits per heavy atom. The van der Waals surface area contributed by atoms with Gasteiger partial charge in [-0.05, 0) is 25.0 Å². The first-order valence-corrected chi connectivity index (χ1v) is 5.25. The SMILES string of the molecule is CN(C(=O)C1CCC1)c1cccc(O)c1. The van der Waals surface area contributed by atoms with Crippen molar-refractivity contribution in [2.75, 3.05) is 11.9 Å². The summed E-state index contributed by atoms with van der Waals surface area (Å²) in [6.07, 6.45) is 3.16. The van der Waals surface area contributed by atoms with Crippen molar-refractivity contribution >= 4 is 11.6 Å². The Labute approximate surface area is 89.3 Å². The molecular weight excluding hydrogens is 190 g/mol. The molecule has 0 atom stereocenters. The van der Waals surface area contributed by atoms with E-state index in [0.29, 0.717) is 0 Å². The maximum Gasteiger partial charge on any atom is 0.229 e. The van der Waals surface area contributed by atoms with Gasteiger partial charge < -0.3 is 10.0 Å². The molecule has 0 saturated heterocycles. The van der Waals surface area contributed by atoms with E-state index in [9.17, 15) is 9.90 Å². The summed E-state index contributed by atoms with van der Waals surface area (Å²) < 4.78 is 0. The molecule has 15 heavy (non-hydrogen) atoms. The molecule has 2 rings (SSSR count). The zero-order valence-corrected chi connectivity index (χ0v) is 8.81. The standard InChI is InChI=1S/C12H15NO2/c1-13(12(15)9-4-2-5-9)10-6-3-7-11(14)8-10/h3,6-9,14H,2,4-5H2,1H3. The molecule has 1 N–H and O–H groups in total. The number of rotatable bonds is 2. The molecule has 1 fully saturated rings. The van der Waals surface area contributed by atoms with E-state index in [0.717, 1.165) is 24.9 Å². The lowest BCUT2D eigenvalue weighted by molar-refractivity contribution is -0.124. The second kappa shape index (κ2) is 3.93. The molecule has 0 radical (unpaired) electrons. The number of phenols is 1. The van der Waals surface area contributed by atoms with Gasteiger partial charge in [-0.15, -0.1) is 0 Å². The van der Waals surface area contributed by atoms with Crippen LogP contribution in [-0.4, -0.2) is 18.1 Å². The van der Waals surface area contributed by atoms with Gasteiger partial charge in [-0.2, -0.15) is 0 Å². The van der Waals surface area contributed by atoms with Crippen LogP contribution < -0.4 is 4.90 Å². The molecule has 1 aromatic rings. The highest BCUT2D eigenvalue weighted by atomic mass is 16.3. The summed E-state index contributed by atoms with van der Waals surface area (Å²) in [4.78, 5) is 13.5. The number of nitrogens with zero attached hydrogens (tertiary/aromatic N) is 1. The molecule has 3 heteroatoms. The van der Waals surface area contributed by atoms with Crippen molar-refractivity contribution in [2.45, 2.75) is 19.3 Å². The van der Waals surface area contributed by atoms with Crippen LogP contribution in [0.2, 0.25) is 0 Å². The van der Waals surface area contributed by atoms with Crippen molar-refractivity contribution in [2.24, 2.45) is 5.92 Å². The van der Waals surface area contributed by atoms with Crippen LogP contribution in [0.1, 0.15) is 19.3 Å². The summed E-state index contributed by atoms with van der Waals surface area (Å²) in [7, 11) is 1.76. The minimum atomic E-state index is 0.159. The molecule has 0 spiro atoms. The molecular formula is C12H15NO2. The van der Waals surface area contributed by atoms with Crippen molar-refractivity contribution < 1.29 is 9.90 Å². The first kappa shape index (κ1) is 10.0. The minimum absolute atomic E-state index is 0.159. The Balaban J connectivity index is 2.12. The first-order valence-electron chi connectivity index (χ1n) is 5.25. The molecule has 1 aromatic carbocycles. The summed E-state index contributed by atoms with van der Waals surface area (Å²) in [5, 5.41) is 9.32. The van der Waals surface area contributed by atoms with Gasteiger partial charge in [0.05, 0.1) is 0 Å². The number of phenolic OH excluding ortho intramolecular Hbond substituents is 1. The zero-order valence-electron chi connectivity index (χ0n) is 8.81. The van der Waals surface area contributed by atoms with E-state index in [1.54, 1.807) is 30.1 Å². The van der Waals surface area contributed by atoms with Crippen molar-refractivity contribution in [3.63, 3.8) is 0 Å². The summed E-state index contributed by atoms with van der Waals surface area (Å²) in [5.41, 5.74) is 0.756. The van der Waals surface area contributed by atoms with Crippen LogP contribution in [0.4, 0.5) is 5.69 Å². The molecule has 1 amide bonds. The summed E-state index contributed by atoms with van der Waals surface area (Å²) in [6.45, 7) is 0. The van der Waals surface area contributed by atoms with Crippen LogP contribution >= 0.6 is 0 Å². The zero-order chi connectivity index (χ0) is 10.8. The van der Waals surface area contributed by atoms with Gasteiger partial charge in [0.15, 0.2) is 0 Å². The highest BCUT2D eigenvalue weighted by Gasteiger charge is 2.28. The van der Waals surface area contributed by atoms with E-state index in [4.69, 9.17) is 0 Å². The van der Waals surface area contributed by atoms with E-state index in [1.165, 1.54) is 0 Å². The lowest BCUT2D eigenvalue weighted by atomic mass is 9.84. The molecule has 0 heterocycles. The van der Waals surface area contributed by atoms with Crippen molar-refractivity contribution in [3.05, 3.63) is 24.3 Å². The highest BCUT2D eigenvalue weighted by Crippen LogP contribution is 2.30. The normalized spacial score (nSPS) is 15.8. The minimum Gasteiger partial charge on any atom is -0.508 e. The van der Waals surface area contributed by atoms with Gasteiger partial charge in [0.25, 0.3) is 0 Å². The topological polar surface area (TPSA) is 40.5 Å². The van der Waals surface area contributed by atoms with E-state index in [1.807, 2.05) is 6.07 Å². The molecule has 0 aliphatic heterocycles. The molecule has 1 saturated carbocycles. The Bertz CT molecular complexity index is 372. The van der Waals surface area contributed by atoms with Crippen LogP contribution in [-0.2, 0) is 4.79 Å². The van der Waals surface area contributed by atoms with Crippen LogP contribution in [0.3, 0.4) is 0 Å². The molecule has 80 valence electrons. The number of hydrogen-bond acceptors (Lipinski definition) is 2. The smallest absolute Gasteiger partial charge is 0.229 e. The Hall–Kier alpha value is -1.51. The maximum atomic E-state index is 11.9. The van der Waals surface area contributed by atoms with Gasteiger partial charge in [-0.1, -0.05) is 12.5 Å². The summed E-state index contributed by atoms with van der Waals surface area (Å²) >= 11 is 0. The quantitative estimate of drug-likeness (QED) is 0.803. The average molecular weight is 205 g/mol. The number of amides is 1. The third kappa shape index (κ3) is 1.96. The van der Waals surface area contributed by atoms with Crippen LogP contribution in [0.5, 0.6) is 5.75 Å². The van der Waals surface area contributed by atoms with Gasteiger partial charge in [0, 0.05) is 24.7 Å². The van der Waals surface area contributed by atoms with E-state index >= 15 is 0 Å². The van der Waals surface area contributed by atoms with Crippen LogP contribution in [0.15, 0.2) is 24.3 Å². The Morgan fingerprint density at radius 2 is 2.20 bits per heavy atom. The second-order valence-electron chi connectivity index (χ2n) is 4.04. The molecule has 0 aromatic heterocycles. The number of carbonyl (C=O) groups excluding carboxylic acids is 1. The molecule has 1 aliphatic carbocycles. The molecule has 0 unspecified atom stereocenters.